The summed E-state index contributed by atoms with van der Waals surface area (Å²) < 4.78 is 0. The number of hydrogen-bond acceptors (Lipinski definition) is 6. The highest BCUT2D eigenvalue weighted by Crippen LogP contribution is 2.37. The number of carbonyl (C=O) groups excluding carboxylic acids is 3. The minimum Gasteiger partial charge on any atom is -0.338 e. The van der Waals surface area contributed by atoms with Crippen LogP contribution >= 0.6 is 11.3 Å². The molecule has 8 nitrogen and oxygen atoms in total. The molecule has 0 aromatic carbocycles. The van der Waals surface area contributed by atoms with Crippen LogP contribution < -0.4 is 5.32 Å². The van der Waals surface area contributed by atoms with Gasteiger partial charge in [0.1, 0.15) is 10.4 Å². The molecule has 1 atom stereocenters. The number of pyridine rings is 1. The number of hydrogen-bond donors (Lipinski definition) is 1. The molecule has 33 heavy (non-hydrogen) atoms. The Kier molecular flexibility index (Phi) is 6.78. The van der Waals surface area contributed by atoms with E-state index in [4.69, 9.17) is 0 Å². The van der Waals surface area contributed by atoms with Gasteiger partial charge in [0.2, 0.25) is 0 Å². The second-order valence-electron chi connectivity index (χ2n) is 8.89. The van der Waals surface area contributed by atoms with Crippen molar-refractivity contribution in [2.24, 2.45) is 5.92 Å². The molecule has 0 unspecified atom stereocenters. The molecule has 9 heteroatoms. The number of imide groups is 1. The van der Waals surface area contributed by atoms with Crippen LogP contribution in [0, 0.1) is 19.8 Å². The Labute approximate surface area is 198 Å². The van der Waals surface area contributed by atoms with E-state index in [1.807, 2.05) is 43.9 Å². The van der Waals surface area contributed by atoms with Gasteiger partial charge in [-0.2, -0.15) is 0 Å². The maximum absolute atomic E-state index is 13.6. The van der Waals surface area contributed by atoms with E-state index in [2.05, 4.69) is 15.3 Å². The Hall–Kier alpha value is -2.81. The van der Waals surface area contributed by atoms with E-state index in [1.165, 1.54) is 16.2 Å². The number of rotatable bonds is 7. The first-order valence-electron chi connectivity index (χ1n) is 11.6. The van der Waals surface area contributed by atoms with Crippen molar-refractivity contribution in [1.29, 1.82) is 0 Å². The fourth-order valence-electron chi connectivity index (χ4n) is 5.11. The van der Waals surface area contributed by atoms with E-state index < -0.39 is 5.54 Å². The molecule has 2 fully saturated rings. The summed E-state index contributed by atoms with van der Waals surface area (Å²) in [4.78, 5) is 52.0. The predicted octanol–water partition coefficient (Wildman–Crippen LogP) is 3.34. The number of aryl methyl sites for hydroxylation is 2. The number of amides is 4. The van der Waals surface area contributed by atoms with Crippen LogP contribution in [0.3, 0.4) is 0 Å². The van der Waals surface area contributed by atoms with E-state index >= 15 is 0 Å². The van der Waals surface area contributed by atoms with Gasteiger partial charge in [-0.05, 0) is 51.2 Å². The van der Waals surface area contributed by atoms with Gasteiger partial charge >= 0.3 is 6.03 Å². The Balaban J connectivity index is 1.44. The average Bonchev–Trinajstić information content (AvgIpc) is 3.28. The molecule has 4 rings (SSSR count). The molecular formula is C24H31N5O3S. The summed E-state index contributed by atoms with van der Waals surface area (Å²) in [5.74, 6) is -0.119. The SMILES string of the molecule is CCC[C@]1(C2CCN(C(=O)c3sc(C)nc3C)CC2)NC(=O)N(CCc2ccccn2)C1=O. The minimum atomic E-state index is -0.887. The van der Waals surface area contributed by atoms with Crippen LogP contribution in [0.25, 0.3) is 0 Å². The number of nitrogens with zero attached hydrogens (tertiary/aromatic N) is 4. The zero-order valence-corrected chi connectivity index (χ0v) is 20.3. The van der Waals surface area contributed by atoms with Gasteiger partial charge in [0.15, 0.2) is 0 Å². The van der Waals surface area contributed by atoms with Gasteiger partial charge in [-0.3, -0.25) is 19.5 Å². The van der Waals surface area contributed by atoms with Gasteiger partial charge in [-0.25, -0.2) is 9.78 Å². The molecule has 2 aliphatic rings. The Morgan fingerprint density at radius 3 is 2.61 bits per heavy atom. The summed E-state index contributed by atoms with van der Waals surface area (Å²) in [5, 5.41) is 3.95. The number of likely N-dealkylation sites (tertiary alicyclic amines) is 1. The third kappa shape index (κ3) is 4.51. The Morgan fingerprint density at radius 1 is 1.24 bits per heavy atom. The average molecular weight is 470 g/mol. The van der Waals surface area contributed by atoms with Crippen molar-refractivity contribution in [1.82, 2.24) is 25.1 Å². The lowest BCUT2D eigenvalue weighted by Gasteiger charge is -2.40. The largest absolute Gasteiger partial charge is 0.338 e. The summed E-state index contributed by atoms with van der Waals surface area (Å²) >= 11 is 1.43. The minimum absolute atomic E-state index is 0.00194. The molecule has 4 heterocycles. The molecule has 0 spiro atoms. The van der Waals surface area contributed by atoms with Crippen LogP contribution in [0.4, 0.5) is 4.79 Å². The van der Waals surface area contributed by atoms with Crippen molar-refractivity contribution in [2.75, 3.05) is 19.6 Å². The van der Waals surface area contributed by atoms with Gasteiger partial charge in [0.05, 0.1) is 10.7 Å². The van der Waals surface area contributed by atoms with Gasteiger partial charge < -0.3 is 10.2 Å². The summed E-state index contributed by atoms with van der Waals surface area (Å²) in [6.45, 7) is 7.26. The number of piperidine rings is 1. The topological polar surface area (TPSA) is 95.5 Å². The maximum Gasteiger partial charge on any atom is 0.325 e. The molecule has 2 aromatic heterocycles. The molecule has 0 bridgehead atoms. The second kappa shape index (κ2) is 9.59. The van der Waals surface area contributed by atoms with Crippen molar-refractivity contribution < 1.29 is 14.4 Å². The van der Waals surface area contributed by atoms with E-state index in [9.17, 15) is 14.4 Å². The fourth-order valence-corrected chi connectivity index (χ4v) is 6.00. The first kappa shape index (κ1) is 23.4. The lowest BCUT2D eigenvalue weighted by Crippen LogP contribution is -2.56. The molecule has 2 aromatic rings. The van der Waals surface area contributed by atoms with Crippen molar-refractivity contribution in [3.63, 3.8) is 0 Å². The predicted molar refractivity (Wildman–Crippen MR) is 126 cm³/mol. The summed E-state index contributed by atoms with van der Waals surface area (Å²) in [5.41, 5.74) is 0.739. The van der Waals surface area contributed by atoms with Crippen LogP contribution in [-0.2, 0) is 11.2 Å². The third-order valence-electron chi connectivity index (χ3n) is 6.74. The standard InChI is InChI=1S/C24H31N5O3S/c1-4-11-24(22(31)29(23(32)27-24)15-10-19-7-5-6-12-25-19)18-8-13-28(14-9-18)21(30)20-16(2)26-17(3)33-20/h5-7,12,18H,4,8-11,13-15H2,1-3H3,(H,27,32)/t24-/m1/s1. The van der Waals surface area contributed by atoms with Crippen LogP contribution in [-0.4, -0.2) is 62.8 Å². The maximum atomic E-state index is 13.6. The lowest BCUT2D eigenvalue weighted by atomic mass is 9.74. The van der Waals surface area contributed by atoms with Crippen molar-refractivity contribution in [3.05, 3.63) is 45.7 Å². The summed E-state index contributed by atoms with van der Waals surface area (Å²) in [7, 11) is 0. The molecule has 4 amide bonds. The highest BCUT2D eigenvalue weighted by Gasteiger charge is 2.55. The van der Waals surface area contributed by atoms with Gasteiger partial charge in [-0.1, -0.05) is 19.4 Å². The van der Waals surface area contributed by atoms with Gasteiger partial charge in [0.25, 0.3) is 11.8 Å². The van der Waals surface area contributed by atoms with Gasteiger partial charge in [-0.15, -0.1) is 11.3 Å². The molecule has 0 saturated carbocycles. The van der Waals surface area contributed by atoms with Crippen molar-refractivity contribution in [3.8, 4) is 0 Å². The molecule has 176 valence electrons. The smallest absolute Gasteiger partial charge is 0.325 e. The molecule has 0 aliphatic carbocycles. The van der Waals surface area contributed by atoms with E-state index in [0.717, 1.165) is 22.8 Å². The van der Waals surface area contributed by atoms with Crippen molar-refractivity contribution >= 4 is 29.2 Å². The normalized spacial score (nSPS) is 21.5. The molecule has 2 saturated heterocycles. The molecular weight excluding hydrogens is 438 g/mol. The first-order valence-corrected chi connectivity index (χ1v) is 12.4. The number of thiazole rings is 1. The van der Waals surface area contributed by atoms with Crippen LogP contribution in [0.1, 0.15) is 58.7 Å². The number of carbonyl (C=O) groups is 3. The van der Waals surface area contributed by atoms with Crippen molar-refractivity contribution in [2.45, 2.75) is 58.4 Å². The Morgan fingerprint density at radius 2 is 2.00 bits per heavy atom. The van der Waals surface area contributed by atoms with Crippen LogP contribution in [0.5, 0.6) is 0 Å². The van der Waals surface area contributed by atoms with E-state index in [1.54, 1.807) is 6.20 Å². The third-order valence-corrected chi connectivity index (χ3v) is 7.80. The lowest BCUT2D eigenvalue weighted by molar-refractivity contribution is -0.134. The highest BCUT2D eigenvalue weighted by atomic mass is 32.1. The summed E-state index contributed by atoms with van der Waals surface area (Å²) in [6.07, 6.45) is 5.00. The van der Waals surface area contributed by atoms with E-state index in [0.29, 0.717) is 50.2 Å². The Bertz CT molecular complexity index is 1030. The number of nitrogens with one attached hydrogen (secondary N) is 1. The second-order valence-corrected chi connectivity index (χ2v) is 10.1. The molecule has 0 radical (unpaired) electrons. The first-order chi connectivity index (χ1) is 15.9. The quantitative estimate of drug-likeness (QED) is 0.628. The zero-order valence-electron chi connectivity index (χ0n) is 19.5. The number of aromatic nitrogens is 2. The van der Waals surface area contributed by atoms with Gasteiger partial charge in [0, 0.05) is 37.9 Å². The van der Waals surface area contributed by atoms with Crippen LogP contribution in [0.2, 0.25) is 0 Å². The zero-order chi connectivity index (χ0) is 23.6. The summed E-state index contributed by atoms with van der Waals surface area (Å²) in [6, 6.07) is 5.33. The molecule has 2 aliphatic heterocycles. The monoisotopic (exact) mass is 469 g/mol. The van der Waals surface area contributed by atoms with Crippen LogP contribution in [0.15, 0.2) is 24.4 Å². The fraction of sp³-hybridized carbons (Fsp3) is 0.542. The number of urea groups is 1. The molecule has 1 N–H and O–H groups in total. The van der Waals surface area contributed by atoms with E-state index in [-0.39, 0.29) is 23.8 Å². The highest BCUT2D eigenvalue weighted by molar-refractivity contribution is 7.13.